The van der Waals surface area contributed by atoms with Crippen LogP contribution in [0.15, 0.2) is 36.4 Å². The van der Waals surface area contributed by atoms with Crippen molar-refractivity contribution < 1.29 is 38.2 Å². The molecule has 228 valence electrons. The number of hydrogen-bond donors (Lipinski definition) is 3. The predicted octanol–water partition coefficient (Wildman–Crippen LogP) is 1.90. The van der Waals surface area contributed by atoms with E-state index in [0.29, 0.717) is 36.7 Å². The van der Waals surface area contributed by atoms with Crippen LogP contribution < -0.4 is 10.2 Å². The molecule has 14 nitrogen and oxygen atoms in total. The molecular weight excluding hydrogens is 567 g/mol. The van der Waals surface area contributed by atoms with Crippen LogP contribution in [0.4, 0.5) is 10.6 Å². The summed E-state index contributed by atoms with van der Waals surface area (Å²) in [4.78, 5) is 52.3. The van der Waals surface area contributed by atoms with Gasteiger partial charge in [0, 0.05) is 50.9 Å². The smallest absolute Gasteiger partial charge is 0.407 e. The Morgan fingerprint density at radius 3 is 2.24 bits per heavy atom. The molecule has 2 atom stereocenters. The number of hydrogen-bond acceptors (Lipinski definition) is 10. The number of rotatable bonds is 11. The van der Waals surface area contributed by atoms with E-state index in [1.54, 1.807) is 13.8 Å². The van der Waals surface area contributed by atoms with E-state index >= 15 is 0 Å². The van der Waals surface area contributed by atoms with Crippen LogP contribution in [0.1, 0.15) is 30.8 Å². The summed E-state index contributed by atoms with van der Waals surface area (Å²) in [5.41, 5.74) is 0.658. The van der Waals surface area contributed by atoms with Crippen molar-refractivity contribution >= 4 is 31.3 Å². The van der Waals surface area contributed by atoms with Crippen LogP contribution in [0.5, 0.6) is 0 Å². The van der Waals surface area contributed by atoms with Crippen LogP contribution in [0.3, 0.4) is 0 Å². The summed E-state index contributed by atoms with van der Waals surface area (Å²) < 4.78 is 24.3. The summed E-state index contributed by atoms with van der Waals surface area (Å²) in [6.07, 6.45) is -1.46. The Balaban J connectivity index is 1.64. The first-order valence-electron chi connectivity index (χ1n) is 14.0. The summed E-state index contributed by atoms with van der Waals surface area (Å²) >= 11 is 0. The second kappa shape index (κ2) is 14.1. The van der Waals surface area contributed by atoms with Crippen molar-refractivity contribution in [2.75, 3.05) is 63.5 Å². The average Bonchev–Trinajstić information content (AvgIpc) is 3.43. The van der Waals surface area contributed by atoms with Crippen molar-refractivity contribution in [3.05, 3.63) is 42.1 Å². The normalized spacial score (nSPS) is 18.2. The van der Waals surface area contributed by atoms with Gasteiger partial charge in [0.1, 0.15) is 17.6 Å². The Hall–Kier alpha value is -3.58. The highest BCUT2D eigenvalue weighted by Gasteiger charge is 2.37. The third kappa shape index (κ3) is 7.82. The maximum atomic E-state index is 13.7. The first kappa shape index (κ1) is 31.4. The molecule has 15 heteroatoms. The van der Waals surface area contributed by atoms with Gasteiger partial charge in [-0.05, 0) is 20.3 Å². The molecule has 1 unspecified atom stereocenters. The van der Waals surface area contributed by atoms with Crippen LogP contribution in [0.2, 0.25) is 0 Å². The summed E-state index contributed by atoms with van der Waals surface area (Å²) in [7, 11) is -3.78. The summed E-state index contributed by atoms with van der Waals surface area (Å²) in [6, 6.07) is 9.30. The fraction of sp³-hybridized carbons (Fsp3) is 0.519. The molecule has 2 saturated heterocycles. The number of carbonyl (C=O) groups excluding carboxylic acids is 2. The number of nitrogens with zero attached hydrogens (tertiary/aromatic N) is 5. The van der Waals surface area contributed by atoms with E-state index in [9.17, 15) is 29.2 Å². The van der Waals surface area contributed by atoms with E-state index in [0.717, 1.165) is 0 Å². The predicted molar refractivity (Wildman–Crippen MR) is 153 cm³/mol. The summed E-state index contributed by atoms with van der Waals surface area (Å²) in [5.74, 6) is -0.486. The average molecular weight is 605 g/mol. The lowest BCUT2D eigenvalue weighted by atomic mass is 10.2. The molecule has 2 aliphatic heterocycles. The van der Waals surface area contributed by atoms with Crippen molar-refractivity contribution in [3.63, 3.8) is 0 Å². The van der Waals surface area contributed by atoms with E-state index in [4.69, 9.17) is 9.05 Å². The molecule has 0 radical (unpaired) electrons. The van der Waals surface area contributed by atoms with E-state index in [2.05, 4.69) is 15.3 Å². The van der Waals surface area contributed by atoms with Gasteiger partial charge in [-0.15, -0.1) is 0 Å². The third-order valence-corrected chi connectivity index (χ3v) is 9.10. The zero-order chi connectivity index (χ0) is 30.3. The number of benzene rings is 1. The minimum atomic E-state index is -3.78. The SMILES string of the molecule is CCOP(=O)(C[C@H](NC(=O)c1cc(N2CCC(O)C2)nc(-c2ccccc2)n1)C(=O)N1CCN(C(=O)O)CC1)OCC. The van der Waals surface area contributed by atoms with Crippen molar-refractivity contribution in [1.29, 1.82) is 0 Å². The number of nitrogens with one attached hydrogen (secondary N) is 1. The number of carboxylic acid groups (broad SMARTS) is 1. The van der Waals surface area contributed by atoms with Gasteiger partial charge in [0.2, 0.25) is 5.91 Å². The lowest BCUT2D eigenvalue weighted by Gasteiger charge is -2.35. The van der Waals surface area contributed by atoms with Gasteiger partial charge in [0.15, 0.2) is 5.82 Å². The van der Waals surface area contributed by atoms with Crippen LogP contribution in [-0.4, -0.2) is 119 Å². The lowest BCUT2D eigenvalue weighted by Crippen LogP contribution is -2.56. The third-order valence-electron chi connectivity index (χ3n) is 6.99. The van der Waals surface area contributed by atoms with Crippen LogP contribution in [-0.2, 0) is 18.4 Å². The van der Waals surface area contributed by atoms with Gasteiger partial charge in [-0.1, -0.05) is 30.3 Å². The van der Waals surface area contributed by atoms with Gasteiger partial charge in [-0.3, -0.25) is 14.2 Å². The maximum absolute atomic E-state index is 13.7. The highest BCUT2D eigenvalue weighted by molar-refractivity contribution is 7.54. The molecule has 3 amide bonds. The van der Waals surface area contributed by atoms with Gasteiger partial charge in [0.25, 0.3) is 5.91 Å². The Bertz CT molecular complexity index is 1300. The fourth-order valence-corrected chi connectivity index (χ4v) is 6.66. The van der Waals surface area contributed by atoms with E-state index in [1.165, 1.54) is 15.9 Å². The lowest BCUT2D eigenvalue weighted by molar-refractivity contribution is -0.134. The molecule has 0 bridgehead atoms. The van der Waals surface area contributed by atoms with Gasteiger partial charge >= 0.3 is 13.7 Å². The Morgan fingerprint density at radius 2 is 1.67 bits per heavy atom. The molecule has 2 fully saturated rings. The number of carbonyl (C=O) groups is 3. The molecule has 1 aromatic heterocycles. The number of amides is 3. The van der Waals surface area contributed by atoms with E-state index < -0.39 is 43.8 Å². The number of aromatic nitrogens is 2. The Morgan fingerprint density at radius 1 is 1.02 bits per heavy atom. The largest absolute Gasteiger partial charge is 0.465 e. The highest BCUT2D eigenvalue weighted by atomic mass is 31.2. The first-order chi connectivity index (χ1) is 20.1. The minimum absolute atomic E-state index is 0.0172. The maximum Gasteiger partial charge on any atom is 0.407 e. The fourth-order valence-electron chi connectivity index (χ4n) is 4.89. The van der Waals surface area contributed by atoms with Gasteiger partial charge < -0.3 is 39.3 Å². The zero-order valence-corrected chi connectivity index (χ0v) is 24.6. The van der Waals surface area contributed by atoms with Gasteiger partial charge in [-0.2, -0.15) is 0 Å². The monoisotopic (exact) mass is 604 g/mol. The standard InChI is InChI=1S/C27H37N6O8P/c1-3-40-42(39,41-4-2)18-22(26(36)31-12-14-32(15-13-31)27(37)38)29-25(35)21-16-23(33-11-10-20(34)17-33)30-24(28-21)19-8-6-5-7-9-19/h5-9,16,20,22,34H,3-4,10-15,17-18H2,1-2H3,(H,29,35)(H,37,38)/t20?,22-/m0/s1. The van der Waals surface area contributed by atoms with E-state index in [1.807, 2.05) is 35.2 Å². The van der Waals surface area contributed by atoms with Gasteiger partial charge in [-0.25, -0.2) is 14.8 Å². The second-order valence-corrected chi connectivity index (χ2v) is 12.0. The highest BCUT2D eigenvalue weighted by Crippen LogP contribution is 2.48. The number of β-amino-alcohol motifs (C(OH)–C–C–N with tert-alkyl or cyclic N) is 1. The van der Waals surface area contributed by atoms with Crippen LogP contribution >= 0.6 is 7.60 Å². The number of anilines is 1. The van der Waals surface area contributed by atoms with E-state index in [-0.39, 0.29) is 45.1 Å². The molecule has 42 heavy (non-hydrogen) atoms. The molecule has 0 aliphatic carbocycles. The molecule has 2 aliphatic rings. The molecule has 2 aromatic rings. The van der Waals surface area contributed by atoms with Crippen molar-refractivity contribution in [1.82, 2.24) is 25.1 Å². The molecule has 3 heterocycles. The molecule has 0 spiro atoms. The molecule has 1 aromatic carbocycles. The zero-order valence-electron chi connectivity index (χ0n) is 23.7. The topological polar surface area (TPSA) is 175 Å². The van der Waals surface area contributed by atoms with Crippen molar-refractivity contribution in [2.24, 2.45) is 0 Å². The van der Waals surface area contributed by atoms with Crippen molar-refractivity contribution in [2.45, 2.75) is 32.4 Å². The number of aliphatic hydroxyl groups excluding tert-OH is 1. The molecular formula is C27H37N6O8P. The van der Waals surface area contributed by atoms with Crippen LogP contribution in [0.25, 0.3) is 11.4 Å². The second-order valence-electron chi connectivity index (χ2n) is 9.94. The summed E-state index contributed by atoms with van der Waals surface area (Å²) in [5, 5.41) is 22.0. The van der Waals surface area contributed by atoms with Crippen molar-refractivity contribution in [3.8, 4) is 11.4 Å². The first-order valence-corrected chi connectivity index (χ1v) is 15.7. The van der Waals surface area contributed by atoms with Gasteiger partial charge in [0.05, 0.1) is 25.5 Å². The Labute approximate surface area is 244 Å². The number of aliphatic hydroxyl groups is 1. The summed E-state index contributed by atoms with van der Waals surface area (Å²) in [6.45, 7) is 4.76. The van der Waals surface area contributed by atoms with Crippen LogP contribution in [0, 0.1) is 0 Å². The molecule has 4 rings (SSSR count). The molecule has 3 N–H and O–H groups in total. The number of piperazine rings is 1. The minimum Gasteiger partial charge on any atom is -0.465 e. The quantitative estimate of drug-likeness (QED) is 0.320. The Kier molecular flexibility index (Phi) is 10.5. The molecule has 0 saturated carbocycles.